The van der Waals surface area contributed by atoms with E-state index in [0.29, 0.717) is 50.1 Å². The molecule has 0 fully saturated rings. The van der Waals surface area contributed by atoms with Gasteiger partial charge in [-0.3, -0.25) is 4.79 Å². The normalized spacial score (nSPS) is 14.4. The molecule has 0 saturated carbocycles. The van der Waals surface area contributed by atoms with Gasteiger partial charge in [-0.15, -0.1) is 0 Å². The molecule has 1 aliphatic rings. The maximum atomic E-state index is 12.7. The molecule has 0 saturated heterocycles. The van der Waals surface area contributed by atoms with Crippen molar-refractivity contribution in [1.82, 2.24) is 16.1 Å². The fraction of sp³-hybridized carbons (Fsp3) is 0.194. The molecule has 220 valence electrons. The van der Waals surface area contributed by atoms with Crippen LogP contribution in [0.5, 0.6) is 11.5 Å². The zero-order valence-electron chi connectivity index (χ0n) is 23.3. The smallest absolute Gasteiger partial charge is 0.338 e. The lowest BCUT2D eigenvalue weighted by Crippen LogP contribution is -2.45. The number of hydrogen-bond donors (Lipinski definition) is 3. The van der Waals surface area contributed by atoms with Gasteiger partial charge in [0.2, 0.25) is 0 Å². The predicted octanol–water partition coefficient (Wildman–Crippen LogP) is 4.78. The van der Waals surface area contributed by atoms with Gasteiger partial charge in [-0.25, -0.2) is 10.2 Å². The van der Waals surface area contributed by atoms with Gasteiger partial charge in [-0.1, -0.05) is 30.3 Å². The van der Waals surface area contributed by atoms with E-state index >= 15 is 0 Å². The summed E-state index contributed by atoms with van der Waals surface area (Å²) in [6, 6.07) is 21.1. The van der Waals surface area contributed by atoms with Crippen molar-refractivity contribution in [3.8, 4) is 17.6 Å². The molecule has 0 unspecified atom stereocenters. The molecule has 0 aromatic heterocycles. The third-order valence-corrected chi connectivity index (χ3v) is 7.03. The summed E-state index contributed by atoms with van der Waals surface area (Å²) in [7, 11) is 0. The van der Waals surface area contributed by atoms with Crippen LogP contribution in [0.3, 0.4) is 0 Å². The third kappa shape index (κ3) is 8.41. The number of allylic oxidation sites excluding steroid dienone is 1. The van der Waals surface area contributed by atoms with Crippen LogP contribution in [0, 0.1) is 11.3 Å². The van der Waals surface area contributed by atoms with Gasteiger partial charge in [0, 0.05) is 11.3 Å². The maximum Gasteiger partial charge on any atom is 0.338 e. The minimum Gasteiger partial charge on any atom is -0.488 e. The lowest BCUT2D eigenvalue weighted by atomic mass is 9.95. The number of nitriles is 1. The van der Waals surface area contributed by atoms with E-state index in [9.17, 15) is 9.59 Å². The molecule has 0 spiro atoms. The van der Waals surface area contributed by atoms with Crippen molar-refractivity contribution in [3.05, 3.63) is 105 Å². The van der Waals surface area contributed by atoms with Crippen LogP contribution >= 0.6 is 28.1 Å². The number of carbonyl (C=O) groups is 2. The first kappa shape index (κ1) is 31.2. The number of halogens is 1. The molecule has 0 radical (unpaired) electrons. The molecular formula is C31H28BrN5O5S. The van der Waals surface area contributed by atoms with Crippen LogP contribution in [-0.4, -0.2) is 36.4 Å². The van der Waals surface area contributed by atoms with Gasteiger partial charge in [0.05, 0.1) is 40.5 Å². The number of carbonyl (C=O) groups excluding carboxylic acids is 2. The number of ether oxygens (including phenoxy) is 3. The maximum absolute atomic E-state index is 12.7. The van der Waals surface area contributed by atoms with Crippen molar-refractivity contribution in [3.63, 3.8) is 0 Å². The van der Waals surface area contributed by atoms with Gasteiger partial charge in [-0.05, 0) is 89.5 Å². The fourth-order valence-corrected chi connectivity index (χ4v) is 4.94. The zero-order valence-corrected chi connectivity index (χ0v) is 25.8. The average Bonchev–Trinajstić information content (AvgIpc) is 2.99. The highest BCUT2D eigenvalue weighted by atomic mass is 79.9. The van der Waals surface area contributed by atoms with Gasteiger partial charge < -0.3 is 24.8 Å². The highest BCUT2D eigenvalue weighted by Gasteiger charge is 2.32. The molecule has 0 bridgehead atoms. The first-order valence-electron chi connectivity index (χ1n) is 13.2. The van der Waals surface area contributed by atoms with Crippen LogP contribution in [0.2, 0.25) is 0 Å². The van der Waals surface area contributed by atoms with Gasteiger partial charge >= 0.3 is 5.97 Å². The number of hydrogen-bond acceptors (Lipinski definition) is 8. The summed E-state index contributed by atoms with van der Waals surface area (Å²) in [5.41, 5.74) is 6.28. The molecule has 1 atom stereocenters. The van der Waals surface area contributed by atoms with Crippen LogP contribution in [0.4, 0.5) is 0 Å². The standard InChI is InChI=1S/C31H28BrN5O5S/c1-3-40-30(39)28-19(2)35-31(43)36-29(28)23-6-4-5-7-25(23)42-18-27(38)37-34-16-22-12-13-26(24(32)14-22)41-17-21-10-8-20(15-33)9-11-21/h4-14,16,29H,3,17-18H2,1-2H3,(H,37,38)(H2,35,36,43)/t29-/m0/s1. The molecule has 1 aliphatic heterocycles. The van der Waals surface area contributed by atoms with Crippen molar-refractivity contribution in [2.45, 2.75) is 26.5 Å². The summed E-state index contributed by atoms with van der Waals surface area (Å²) >= 11 is 8.81. The van der Waals surface area contributed by atoms with Crippen molar-refractivity contribution < 1.29 is 23.8 Å². The molecule has 3 aromatic rings. The largest absolute Gasteiger partial charge is 0.488 e. The number of nitrogens with one attached hydrogen (secondary N) is 3. The molecule has 12 heteroatoms. The van der Waals surface area contributed by atoms with E-state index < -0.39 is 17.9 Å². The Balaban J connectivity index is 1.34. The summed E-state index contributed by atoms with van der Waals surface area (Å²) in [6.45, 7) is 3.74. The molecule has 1 amide bonds. The minimum absolute atomic E-state index is 0.223. The van der Waals surface area contributed by atoms with E-state index in [1.807, 2.05) is 18.2 Å². The van der Waals surface area contributed by atoms with E-state index in [1.165, 1.54) is 6.21 Å². The van der Waals surface area contributed by atoms with Gasteiger partial charge in [0.15, 0.2) is 11.7 Å². The Morgan fingerprint density at radius 1 is 1.12 bits per heavy atom. The van der Waals surface area contributed by atoms with Crippen LogP contribution < -0.4 is 25.5 Å². The SMILES string of the molecule is CCOC(=O)C1=C(C)NC(=S)N[C@H]1c1ccccc1OCC(=O)NN=Cc1ccc(OCc2ccc(C#N)cc2)c(Br)c1. The van der Waals surface area contributed by atoms with Gasteiger partial charge in [-0.2, -0.15) is 10.4 Å². The third-order valence-electron chi connectivity index (χ3n) is 6.19. The van der Waals surface area contributed by atoms with E-state index in [2.05, 4.69) is 43.2 Å². The van der Waals surface area contributed by atoms with Crippen molar-refractivity contribution in [1.29, 1.82) is 5.26 Å². The van der Waals surface area contributed by atoms with E-state index in [-0.39, 0.29) is 13.2 Å². The highest BCUT2D eigenvalue weighted by molar-refractivity contribution is 9.10. The minimum atomic E-state index is -0.625. The zero-order chi connectivity index (χ0) is 30.8. The monoisotopic (exact) mass is 661 g/mol. The summed E-state index contributed by atoms with van der Waals surface area (Å²) in [4.78, 5) is 25.2. The Labute approximate surface area is 262 Å². The quantitative estimate of drug-likeness (QED) is 0.115. The Bertz CT molecular complexity index is 1620. The molecule has 3 aromatic carbocycles. The number of benzene rings is 3. The first-order valence-corrected chi connectivity index (χ1v) is 14.4. The van der Waals surface area contributed by atoms with Crippen LogP contribution in [0.25, 0.3) is 0 Å². The topological polar surface area (TPSA) is 134 Å². The molecule has 0 aliphatic carbocycles. The molecule has 10 nitrogen and oxygen atoms in total. The molecule has 43 heavy (non-hydrogen) atoms. The summed E-state index contributed by atoms with van der Waals surface area (Å²) in [5, 5.41) is 19.4. The molecule has 4 rings (SSSR count). The number of esters is 1. The number of hydrazone groups is 1. The number of para-hydroxylation sites is 1. The van der Waals surface area contributed by atoms with E-state index in [4.69, 9.17) is 31.7 Å². The fourth-order valence-electron chi connectivity index (χ4n) is 4.16. The lowest BCUT2D eigenvalue weighted by molar-refractivity contribution is -0.139. The highest BCUT2D eigenvalue weighted by Crippen LogP contribution is 2.33. The molecule has 1 heterocycles. The second-order valence-corrected chi connectivity index (χ2v) is 10.5. The van der Waals surface area contributed by atoms with Crippen molar-refractivity contribution in [2.75, 3.05) is 13.2 Å². The van der Waals surface area contributed by atoms with E-state index in [1.54, 1.807) is 62.4 Å². The molecular weight excluding hydrogens is 634 g/mol. The first-order chi connectivity index (χ1) is 20.8. The lowest BCUT2D eigenvalue weighted by Gasteiger charge is -2.30. The average molecular weight is 663 g/mol. The molecule has 3 N–H and O–H groups in total. The predicted molar refractivity (Wildman–Crippen MR) is 168 cm³/mol. The van der Waals surface area contributed by atoms with E-state index in [0.717, 1.165) is 11.1 Å². The number of nitrogens with zero attached hydrogens (tertiary/aromatic N) is 2. The van der Waals surface area contributed by atoms with Crippen LogP contribution in [0.15, 0.2) is 87.6 Å². The Hall–Kier alpha value is -4.73. The second kappa shape index (κ2) is 14.9. The van der Waals surface area contributed by atoms with Crippen LogP contribution in [-0.2, 0) is 20.9 Å². The summed E-state index contributed by atoms with van der Waals surface area (Å²) in [6.07, 6.45) is 1.50. The van der Waals surface area contributed by atoms with Gasteiger partial charge in [0.25, 0.3) is 5.91 Å². The van der Waals surface area contributed by atoms with Crippen molar-refractivity contribution >= 4 is 51.4 Å². The Morgan fingerprint density at radius 2 is 1.88 bits per heavy atom. The van der Waals surface area contributed by atoms with Gasteiger partial charge in [0.1, 0.15) is 18.1 Å². The van der Waals surface area contributed by atoms with Crippen molar-refractivity contribution in [2.24, 2.45) is 5.10 Å². The van der Waals surface area contributed by atoms with Crippen LogP contribution in [0.1, 0.15) is 42.1 Å². The second-order valence-electron chi connectivity index (χ2n) is 9.20. The Kier molecular flexibility index (Phi) is 10.9. The number of thiocarbonyl (C=S) groups is 1. The summed E-state index contributed by atoms with van der Waals surface area (Å²) in [5.74, 6) is 0.0854. The number of amides is 1. The Morgan fingerprint density at radius 3 is 2.60 bits per heavy atom. The number of rotatable bonds is 11. The summed E-state index contributed by atoms with van der Waals surface area (Å²) < 4.78 is 17.6.